The lowest BCUT2D eigenvalue weighted by molar-refractivity contribution is -0.114. The number of likely N-dealkylation sites (N-methyl/N-ethyl adjacent to an activating group) is 1. The number of hydrogen-bond donors (Lipinski definition) is 0. The molecule has 2 rings (SSSR count). The number of amides is 1. The molecule has 0 aromatic heterocycles. The van der Waals surface area contributed by atoms with E-state index in [1.807, 2.05) is 19.9 Å². The van der Waals surface area contributed by atoms with E-state index in [1.54, 1.807) is 13.1 Å². The summed E-state index contributed by atoms with van der Waals surface area (Å²) < 4.78 is 0. The minimum absolute atomic E-state index is 0.398. The molecule has 1 aromatic rings. The lowest BCUT2D eigenvalue weighted by Gasteiger charge is -2.10. The van der Waals surface area contributed by atoms with Gasteiger partial charge in [0.1, 0.15) is 0 Å². The van der Waals surface area contributed by atoms with Crippen molar-refractivity contribution in [3.63, 3.8) is 0 Å². The number of nitrogens with zero attached hydrogens (tertiary/aromatic N) is 1. The average Bonchev–Trinajstić information content (AvgIpc) is 2.34. The first-order valence-corrected chi connectivity index (χ1v) is 4.46. The van der Waals surface area contributed by atoms with E-state index in [4.69, 9.17) is 0 Å². The molecule has 1 aliphatic rings. The highest BCUT2D eigenvalue weighted by atomic mass is 16.2. The van der Waals surface area contributed by atoms with Crippen LogP contribution in [0.5, 0.6) is 0 Å². The summed E-state index contributed by atoms with van der Waals surface area (Å²) in [5.41, 5.74) is 3.39. The van der Waals surface area contributed by atoms with Crippen molar-refractivity contribution in [2.75, 3.05) is 11.9 Å². The van der Waals surface area contributed by atoms with Crippen LogP contribution in [0.15, 0.2) is 12.1 Å². The number of aryl methyl sites for hydroxylation is 2. The van der Waals surface area contributed by atoms with E-state index in [0.717, 1.165) is 16.8 Å². The Kier molecular flexibility index (Phi) is 1.71. The molecular formula is C11H11NO2. The zero-order valence-electron chi connectivity index (χ0n) is 8.42. The van der Waals surface area contributed by atoms with E-state index in [2.05, 4.69) is 0 Å². The normalized spacial score (nSPS) is 14.9. The Bertz CT molecular complexity index is 449. The quantitative estimate of drug-likeness (QED) is 0.579. The van der Waals surface area contributed by atoms with Gasteiger partial charge in [-0.15, -0.1) is 0 Å². The standard InChI is InChI=1S/C11H11NO2/c1-6-4-8-9(5-7(6)2)12(3)11(14)10(8)13/h4-5H,1-3H3. The third-order valence-electron chi connectivity index (χ3n) is 2.72. The Morgan fingerprint density at radius 1 is 1.07 bits per heavy atom. The van der Waals surface area contributed by atoms with Gasteiger partial charge in [0.05, 0.1) is 11.3 Å². The van der Waals surface area contributed by atoms with E-state index in [9.17, 15) is 9.59 Å². The third-order valence-corrected chi connectivity index (χ3v) is 2.72. The third kappa shape index (κ3) is 0.985. The monoisotopic (exact) mass is 189 g/mol. The van der Waals surface area contributed by atoms with Gasteiger partial charge in [-0.3, -0.25) is 9.59 Å². The number of fused-ring (bicyclic) bond motifs is 1. The predicted octanol–water partition coefficient (Wildman–Crippen LogP) is 1.46. The summed E-state index contributed by atoms with van der Waals surface area (Å²) in [5.74, 6) is -0.837. The van der Waals surface area contributed by atoms with Gasteiger partial charge in [0.15, 0.2) is 0 Å². The molecule has 3 nitrogen and oxygen atoms in total. The highest BCUT2D eigenvalue weighted by Crippen LogP contribution is 2.30. The fraction of sp³-hybridized carbons (Fsp3) is 0.273. The minimum Gasteiger partial charge on any atom is -0.308 e. The van der Waals surface area contributed by atoms with Crippen molar-refractivity contribution in [2.45, 2.75) is 13.8 Å². The first kappa shape index (κ1) is 8.94. The zero-order valence-corrected chi connectivity index (χ0v) is 8.42. The van der Waals surface area contributed by atoms with Gasteiger partial charge in [-0.2, -0.15) is 0 Å². The molecule has 0 atom stereocenters. The second kappa shape index (κ2) is 2.67. The molecule has 0 aliphatic carbocycles. The van der Waals surface area contributed by atoms with Crippen molar-refractivity contribution in [2.24, 2.45) is 0 Å². The molecule has 0 saturated carbocycles. The molecule has 72 valence electrons. The molecule has 1 heterocycles. The molecule has 3 heteroatoms. The van der Waals surface area contributed by atoms with Crippen LogP contribution in [0.2, 0.25) is 0 Å². The van der Waals surface area contributed by atoms with Gasteiger partial charge in [-0.25, -0.2) is 0 Å². The van der Waals surface area contributed by atoms with Crippen molar-refractivity contribution < 1.29 is 9.59 Å². The Labute approximate surface area is 82.3 Å². The van der Waals surface area contributed by atoms with Gasteiger partial charge in [-0.05, 0) is 37.1 Å². The molecule has 0 saturated heterocycles. The maximum absolute atomic E-state index is 11.5. The van der Waals surface area contributed by atoms with Gasteiger partial charge >= 0.3 is 0 Å². The van der Waals surface area contributed by atoms with Gasteiger partial charge < -0.3 is 4.90 Å². The van der Waals surface area contributed by atoms with Crippen LogP contribution in [0.4, 0.5) is 5.69 Å². The Hall–Kier alpha value is -1.64. The highest BCUT2D eigenvalue weighted by molar-refractivity contribution is 6.52. The van der Waals surface area contributed by atoms with Crippen molar-refractivity contribution in [3.8, 4) is 0 Å². The number of carbonyl (C=O) groups is 2. The summed E-state index contributed by atoms with van der Waals surface area (Å²) in [5, 5.41) is 0. The molecule has 1 amide bonds. The van der Waals surface area contributed by atoms with Crippen LogP contribution in [0.3, 0.4) is 0 Å². The first-order valence-electron chi connectivity index (χ1n) is 4.46. The van der Waals surface area contributed by atoms with Crippen molar-refractivity contribution >= 4 is 17.4 Å². The average molecular weight is 189 g/mol. The smallest absolute Gasteiger partial charge is 0.299 e. The second-order valence-corrected chi connectivity index (χ2v) is 3.65. The van der Waals surface area contributed by atoms with Gasteiger partial charge in [0.25, 0.3) is 11.7 Å². The Morgan fingerprint density at radius 3 is 2.29 bits per heavy atom. The molecule has 0 unspecified atom stereocenters. The van der Waals surface area contributed by atoms with E-state index in [1.165, 1.54) is 4.90 Å². The Balaban J connectivity index is 2.71. The van der Waals surface area contributed by atoms with Crippen LogP contribution in [-0.4, -0.2) is 18.7 Å². The number of carbonyl (C=O) groups excluding carboxylic acids is 2. The van der Waals surface area contributed by atoms with E-state index in [0.29, 0.717) is 5.56 Å². The van der Waals surface area contributed by atoms with Crippen LogP contribution in [0.25, 0.3) is 0 Å². The van der Waals surface area contributed by atoms with E-state index < -0.39 is 11.7 Å². The lowest BCUT2D eigenvalue weighted by atomic mass is 10.0. The number of hydrogen-bond acceptors (Lipinski definition) is 2. The first-order chi connectivity index (χ1) is 6.52. The molecule has 1 aliphatic heterocycles. The summed E-state index contributed by atoms with van der Waals surface area (Å²) in [4.78, 5) is 24.2. The van der Waals surface area contributed by atoms with Crippen LogP contribution < -0.4 is 4.90 Å². The number of anilines is 1. The predicted molar refractivity (Wildman–Crippen MR) is 53.7 cm³/mol. The molecule has 14 heavy (non-hydrogen) atoms. The van der Waals surface area contributed by atoms with Gasteiger partial charge in [-0.1, -0.05) is 0 Å². The molecule has 0 N–H and O–H groups in total. The topological polar surface area (TPSA) is 37.4 Å². The maximum atomic E-state index is 11.5. The summed E-state index contributed by atoms with van der Waals surface area (Å²) in [6.07, 6.45) is 0. The van der Waals surface area contributed by atoms with E-state index in [-0.39, 0.29) is 0 Å². The van der Waals surface area contributed by atoms with Crippen molar-refractivity contribution in [3.05, 3.63) is 28.8 Å². The van der Waals surface area contributed by atoms with Crippen molar-refractivity contribution in [1.29, 1.82) is 0 Å². The molecular weight excluding hydrogens is 178 g/mol. The summed E-state index contributed by atoms with van der Waals surface area (Å²) in [6.45, 7) is 3.91. The highest BCUT2D eigenvalue weighted by Gasteiger charge is 2.33. The summed E-state index contributed by atoms with van der Waals surface area (Å²) >= 11 is 0. The summed E-state index contributed by atoms with van der Waals surface area (Å²) in [7, 11) is 1.63. The molecule has 0 bridgehead atoms. The van der Waals surface area contributed by atoms with Crippen LogP contribution >= 0.6 is 0 Å². The fourth-order valence-corrected chi connectivity index (χ4v) is 1.64. The largest absolute Gasteiger partial charge is 0.308 e. The second-order valence-electron chi connectivity index (χ2n) is 3.65. The number of Topliss-reactive ketones (excluding diaryl/α,β-unsaturated/α-hetero) is 1. The van der Waals surface area contributed by atoms with Gasteiger partial charge in [0.2, 0.25) is 0 Å². The van der Waals surface area contributed by atoms with Crippen LogP contribution in [-0.2, 0) is 4.79 Å². The fourth-order valence-electron chi connectivity index (χ4n) is 1.64. The summed E-state index contributed by atoms with van der Waals surface area (Å²) in [6, 6.07) is 3.67. The lowest BCUT2D eigenvalue weighted by Crippen LogP contribution is -2.24. The SMILES string of the molecule is Cc1cc2c(cc1C)N(C)C(=O)C2=O. The minimum atomic E-state index is -0.440. The molecule has 0 radical (unpaired) electrons. The molecule has 1 aromatic carbocycles. The van der Waals surface area contributed by atoms with Crippen LogP contribution in [0.1, 0.15) is 21.5 Å². The van der Waals surface area contributed by atoms with E-state index >= 15 is 0 Å². The number of ketones is 1. The van der Waals surface area contributed by atoms with Crippen molar-refractivity contribution in [1.82, 2.24) is 0 Å². The molecule has 0 fully saturated rings. The van der Waals surface area contributed by atoms with Gasteiger partial charge in [0, 0.05) is 7.05 Å². The Morgan fingerprint density at radius 2 is 1.64 bits per heavy atom. The zero-order chi connectivity index (χ0) is 10.5. The number of benzene rings is 1. The number of rotatable bonds is 0. The van der Waals surface area contributed by atoms with Crippen LogP contribution in [0, 0.1) is 13.8 Å². The maximum Gasteiger partial charge on any atom is 0.299 e. The molecule has 0 spiro atoms.